The summed E-state index contributed by atoms with van der Waals surface area (Å²) in [6, 6.07) is 13.3. The molecule has 1 N–H and O–H groups in total. The zero-order valence-corrected chi connectivity index (χ0v) is 17.0. The first-order valence-electron chi connectivity index (χ1n) is 7.61. The van der Waals surface area contributed by atoms with E-state index in [2.05, 4.69) is 9.71 Å². The second-order valence-corrected chi connectivity index (χ2v) is 8.98. The van der Waals surface area contributed by atoms with Crippen LogP contribution in [0.3, 0.4) is 0 Å². The molecule has 0 spiro atoms. The molecule has 3 aromatic rings. The second-order valence-electron chi connectivity index (χ2n) is 5.39. The predicted molar refractivity (Wildman–Crippen MR) is 109 cm³/mol. The number of nitrogens with zero attached hydrogens (tertiary/aromatic N) is 2. The lowest BCUT2D eigenvalue weighted by Gasteiger charge is -2.12. The molecule has 0 saturated carbocycles. The first kappa shape index (κ1) is 20.4. The minimum atomic E-state index is -3.99. The van der Waals surface area contributed by atoms with Gasteiger partial charge in [-0.15, -0.1) is 0 Å². The summed E-state index contributed by atoms with van der Waals surface area (Å²) < 4.78 is 27.9. The van der Waals surface area contributed by atoms with Gasteiger partial charge in [0.15, 0.2) is 5.03 Å². The van der Waals surface area contributed by atoms with Gasteiger partial charge in [-0.2, -0.15) is 0 Å². The topological polar surface area (TPSA) is 102 Å². The van der Waals surface area contributed by atoms with E-state index in [9.17, 15) is 18.5 Å². The number of nitro groups is 1. The van der Waals surface area contributed by atoms with E-state index in [4.69, 9.17) is 23.2 Å². The van der Waals surface area contributed by atoms with E-state index in [-0.39, 0.29) is 31.3 Å². The molecule has 2 aromatic carbocycles. The number of para-hydroxylation sites is 1. The number of benzene rings is 2. The highest BCUT2D eigenvalue weighted by molar-refractivity contribution is 7.99. The third-order valence-electron chi connectivity index (χ3n) is 3.43. The van der Waals surface area contributed by atoms with E-state index in [0.29, 0.717) is 4.90 Å². The second kappa shape index (κ2) is 8.36. The quantitative estimate of drug-likeness (QED) is 0.402. The minimum absolute atomic E-state index is 0.103. The molecule has 0 aliphatic heterocycles. The van der Waals surface area contributed by atoms with Crippen molar-refractivity contribution in [2.45, 2.75) is 14.8 Å². The zero-order chi connectivity index (χ0) is 20.3. The molecule has 0 radical (unpaired) electrons. The summed E-state index contributed by atoms with van der Waals surface area (Å²) in [5, 5.41) is 11.7. The van der Waals surface area contributed by atoms with E-state index in [1.807, 2.05) is 0 Å². The van der Waals surface area contributed by atoms with Gasteiger partial charge in [0.25, 0.3) is 10.0 Å². The first-order valence-corrected chi connectivity index (χ1v) is 10.7. The van der Waals surface area contributed by atoms with Gasteiger partial charge >= 0.3 is 5.69 Å². The summed E-state index contributed by atoms with van der Waals surface area (Å²) in [5.74, 6) is 0. The summed E-state index contributed by atoms with van der Waals surface area (Å²) >= 11 is 12.8. The van der Waals surface area contributed by atoms with Crippen LogP contribution in [-0.4, -0.2) is 18.3 Å². The molecule has 28 heavy (non-hydrogen) atoms. The standard InChI is InChI=1S/C17H11Cl2N3O4S2/c18-11-8-12(19)10-13(9-11)28(25,26)21-14-4-1-2-6-16(14)27-17-15(22(23)24)5-3-7-20-17/h1-10,21H. The van der Waals surface area contributed by atoms with Crippen molar-refractivity contribution >= 4 is 56.4 Å². The molecule has 1 heterocycles. The average Bonchev–Trinajstić information content (AvgIpc) is 2.62. The Kier molecular flexibility index (Phi) is 6.09. The Bertz CT molecular complexity index is 1140. The molecule has 0 aliphatic carbocycles. The van der Waals surface area contributed by atoms with Crippen molar-refractivity contribution < 1.29 is 13.3 Å². The van der Waals surface area contributed by atoms with E-state index in [1.165, 1.54) is 36.5 Å². The number of pyridine rings is 1. The van der Waals surface area contributed by atoms with Crippen molar-refractivity contribution in [2.24, 2.45) is 0 Å². The molecule has 7 nitrogen and oxygen atoms in total. The summed E-state index contributed by atoms with van der Waals surface area (Å²) in [7, 11) is -3.99. The average molecular weight is 456 g/mol. The Morgan fingerprint density at radius 2 is 1.71 bits per heavy atom. The Hall–Kier alpha value is -2.33. The van der Waals surface area contributed by atoms with Crippen molar-refractivity contribution in [2.75, 3.05) is 4.72 Å². The molecule has 3 rings (SSSR count). The third kappa shape index (κ3) is 4.74. The maximum atomic E-state index is 12.7. The number of hydrogen-bond acceptors (Lipinski definition) is 6. The number of hydrogen-bond donors (Lipinski definition) is 1. The van der Waals surface area contributed by atoms with Crippen molar-refractivity contribution in [1.29, 1.82) is 0 Å². The third-order valence-corrected chi connectivity index (χ3v) is 6.30. The predicted octanol–water partition coefficient (Wildman–Crippen LogP) is 5.25. The Morgan fingerprint density at radius 3 is 2.39 bits per heavy atom. The highest BCUT2D eigenvalue weighted by Crippen LogP contribution is 2.37. The number of halogens is 2. The molecule has 0 fully saturated rings. The van der Waals surface area contributed by atoms with Gasteiger partial charge in [-0.3, -0.25) is 14.8 Å². The molecule has 0 atom stereocenters. The summed E-state index contributed by atoms with van der Waals surface area (Å²) in [6.45, 7) is 0. The van der Waals surface area contributed by atoms with Crippen LogP contribution in [0.4, 0.5) is 11.4 Å². The highest BCUT2D eigenvalue weighted by Gasteiger charge is 2.20. The minimum Gasteiger partial charge on any atom is -0.278 e. The summed E-state index contributed by atoms with van der Waals surface area (Å²) in [5.41, 5.74) is 0.0651. The Morgan fingerprint density at radius 1 is 1.04 bits per heavy atom. The van der Waals surface area contributed by atoms with Gasteiger partial charge in [-0.1, -0.05) is 47.1 Å². The van der Waals surface area contributed by atoms with Crippen LogP contribution in [0.25, 0.3) is 0 Å². The fourth-order valence-electron chi connectivity index (χ4n) is 2.23. The molecule has 1 aromatic heterocycles. The molecule has 0 amide bonds. The maximum Gasteiger partial charge on any atom is 0.301 e. The lowest BCUT2D eigenvalue weighted by molar-refractivity contribution is -0.388. The van der Waals surface area contributed by atoms with E-state index < -0.39 is 14.9 Å². The van der Waals surface area contributed by atoms with Gasteiger partial charge < -0.3 is 0 Å². The number of rotatable bonds is 6. The molecule has 11 heteroatoms. The Labute approximate surface area is 174 Å². The van der Waals surface area contributed by atoms with Gasteiger partial charge in [0.05, 0.1) is 15.5 Å². The number of aromatic nitrogens is 1. The van der Waals surface area contributed by atoms with Crippen LogP contribution in [0.15, 0.2) is 75.6 Å². The summed E-state index contributed by atoms with van der Waals surface area (Å²) in [4.78, 5) is 15.0. The van der Waals surface area contributed by atoms with Crippen molar-refractivity contribution in [3.63, 3.8) is 0 Å². The lowest BCUT2D eigenvalue weighted by Crippen LogP contribution is -2.13. The smallest absolute Gasteiger partial charge is 0.278 e. The van der Waals surface area contributed by atoms with E-state index in [0.717, 1.165) is 11.8 Å². The maximum absolute atomic E-state index is 12.7. The van der Waals surface area contributed by atoms with Crippen molar-refractivity contribution in [3.8, 4) is 0 Å². The number of sulfonamides is 1. The molecular formula is C17H11Cl2N3O4S2. The lowest BCUT2D eigenvalue weighted by atomic mass is 10.3. The molecular weight excluding hydrogens is 445 g/mol. The molecule has 0 unspecified atom stereocenters. The SMILES string of the molecule is O=[N+]([O-])c1cccnc1Sc1ccccc1NS(=O)(=O)c1cc(Cl)cc(Cl)c1. The highest BCUT2D eigenvalue weighted by atomic mass is 35.5. The van der Waals surface area contributed by atoms with Crippen molar-refractivity contribution in [1.82, 2.24) is 4.98 Å². The normalized spacial score (nSPS) is 11.2. The van der Waals surface area contributed by atoms with Gasteiger partial charge in [-0.25, -0.2) is 13.4 Å². The molecule has 144 valence electrons. The number of nitrogens with one attached hydrogen (secondary N) is 1. The van der Waals surface area contributed by atoms with Crippen LogP contribution in [0.1, 0.15) is 0 Å². The monoisotopic (exact) mass is 455 g/mol. The van der Waals surface area contributed by atoms with Crippen LogP contribution in [0.5, 0.6) is 0 Å². The van der Waals surface area contributed by atoms with Crippen LogP contribution in [-0.2, 0) is 10.0 Å². The number of anilines is 1. The molecule has 0 bridgehead atoms. The van der Waals surface area contributed by atoms with Crippen LogP contribution >= 0.6 is 35.0 Å². The van der Waals surface area contributed by atoms with Gasteiger partial charge in [0.2, 0.25) is 0 Å². The summed E-state index contributed by atoms with van der Waals surface area (Å²) in [6.07, 6.45) is 1.43. The van der Waals surface area contributed by atoms with E-state index >= 15 is 0 Å². The molecule has 0 saturated heterocycles. The van der Waals surface area contributed by atoms with Crippen LogP contribution < -0.4 is 4.72 Å². The Balaban J connectivity index is 1.96. The van der Waals surface area contributed by atoms with E-state index in [1.54, 1.807) is 24.3 Å². The van der Waals surface area contributed by atoms with Gasteiger partial charge in [-0.05, 0) is 36.4 Å². The van der Waals surface area contributed by atoms with Crippen molar-refractivity contribution in [3.05, 3.63) is 81.0 Å². The fraction of sp³-hybridized carbons (Fsp3) is 0. The first-order chi connectivity index (χ1) is 13.3. The fourth-order valence-corrected chi connectivity index (χ4v) is 5.05. The molecule has 0 aliphatic rings. The van der Waals surface area contributed by atoms with Gasteiger partial charge in [0, 0.05) is 27.2 Å². The van der Waals surface area contributed by atoms with Gasteiger partial charge in [0.1, 0.15) is 0 Å². The zero-order valence-electron chi connectivity index (χ0n) is 13.9. The van der Waals surface area contributed by atoms with Crippen LogP contribution in [0, 0.1) is 10.1 Å². The largest absolute Gasteiger partial charge is 0.301 e. The van der Waals surface area contributed by atoms with Crippen LogP contribution in [0.2, 0.25) is 10.0 Å².